The molecule has 488 valence electrons. The summed E-state index contributed by atoms with van der Waals surface area (Å²) in [4.78, 5) is 47.9. The van der Waals surface area contributed by atoms with Crippen molar-refractivity contribution in [3.05, 3.63) is 49.8 Å². The molecule has 1 aromatic rings. The lowest BCUT2D eigenvalue weighted by atomic mass is 9.75. The van der Waals surface area contributed by atoms with E-state index in [0.29, 0.717) is 26.7 Å². The van der Waals surface area contributed by atoms with Crippen LogP contribution in [-0.4, -0.2) is 231 Å². The zero-order valence-electron chi connectivity index (χ0n) is 50.6. The maximum absolute atomic E-state index is 14.5. The van der Waals surface area contributed by atoms with Crippen LogP contribution in [0.25, 0.3) is 0 Å². The Morgan fingerprint density at radius 3 is 2.28 bits per heavy atom. The molecule has 5 fully saturated rings. The fourth-order valence-corrected chi connectivity index (χ4v) is 15.8. The summed E-state index contributed by atoms with van der Waals surface area (Å²) < 4.78 is 72.9. The molecule has 1 aromatic carbocycles. The van der Waals surface area contributed by atoms with E-state index in [9.17, 15) is 39.9 Å². The van der Waals surface area contributed by atoms with Gasteiger partial charge in [-0.1, -0.05) is 70.0 Å². The number of hydrogen-bond donors (Lipinski definition) is 9. The van der Waals surface area contributed by atoms with E-state index in [-0.39, 0.29) is 71.2 Å². The van der Waals surface area contributed by atoms with Crippen molar-refractivity contribution in [2.75, 3.05) is 67.5 Å². The van der Waals surface area contributed by atoms with Gasteiger partial charge >= 0.3 is 6.09 Å². The Morgan fingerprint density at radius 2 is 1.60 bits per heavy atom. The molecule has 5 saturated heterocycles. The zero-order chi connectivity index (χ0) is 63.6. The molecule has 5 heterocycles. The normalized spacial score (nSPS) is 36.1. The Kier molecular flexibility index (Phi) is 26.0. The third-order valence-electron chi connectivity index (χ3n) is 16.1. The van der Waals surface area contributed by atoms with Crippen molar-refractivity contribution in [1.82, 2.24) is 21.4 Å². The molecule has 19 atom stereocenters. The van der Waals surface area contributed by atoms with Crippen LogP contribution in [0.3, 0.4) is 0 Å². The molecule has 0 spiro atoms. The lowest BCUT2D eigenvalue weighted by molar-refractivity contribution is -0.336. The molecule has 88 heavy (non-hydrogen) atoms. The first-order valence-corrected chi connectivity index (χ1v) is 33.4. The number of thioether (sulfide) groups is 1. The number of fused-ring (bicyclic) bond motifs is 2. The van der Waals surface area contributed by atoms with E-state index >= 15 is 0 Å². The van der Waals surface area contributed by atoms with Crippen LogP contribution in [0.15, 0.2) is 35.1 Å². The van der Waals surface area contributed by atoms with Crippen LogP contribution in [0, 0.1) is 34.2 Å². The monoisotopic (exact) mass is 1400 g/mol. The summed E-state index contributed by atoms with van der Waals surface area (Å²) >= 11 is 2.83. The molecule has 7 aliphatic rings. The molecule has 25 nitrogen and oxygen atoms in total. The van der Waals surface area contributed by atoms with E-state index in [1.807, 2.05) is 29.5 Å². The summed E-state index contributed by atoms with van der Waals surface area (Å²) in [6.07, 6.45) is -11.7. The Balaban J connectivity index is 1.02. The number of methoxy groups -OCH3 is 5. The molecular weight excluding hydrogens is 1320 g/mol. The van der Waals surface area contributed by atoms with Crippen LogP contribution in [0.4, 0.5) is 4.79 Å². The lowest BCUT2D eigenvalue weighted by Gasteiger charge is -2.46. The number of carbonyl (C=O) groups is 3. The van der Waals surface area contributed by atoms with Gasteiger partial charge in [-0.3, -0.25) is 19.7 Å². The summed E-state index contributed by atoms with van der Waals surface area (Å²) in [6, 6.07) is -1.27. The van der Waals surface area contributed by atoms with Gasteiger partial charge in [-0.15, -0.1) is 0 Å². The minimum atomic E-state index is -2.06. The van der Waals surface area contributed by atoms with E-state index in [4.69, 9.17) is 61.7 Å². The van der Waals surface area contributed by atoms with Crippen LogP contribution < -0.4 is 35.6 Å². The van der Waals surface area contributed by atoms with E-state index < -0.39 is 127 Å². The highest BCUT2D eigenvalue weighted by atomic mass is 127. The number of carbonyl (C=O) groups excluding carboxylic acids is 3. The quantitative estimate of drug-likeness (QED) is 0.0265. The number of Topliss-reactive ketones (excluding diaryl/α,β-unsaturated/α-hetero) is 1. The number of rotatable bonds is 22. The minimum absolute atomic E-state index is 0.000907. The second-order valence-corrected chi connectivity index (χ2v) is 26.8. The second kappa shape index (κ2) is 32.5. The first-order valence-electron chi connectivity index (χ1n) is 29.1. The van der Waals surface area contributed by atoms with Crippen molar-refractivity contribution < 1.29 is 102 Å². The summed E-state index contributed by atoms with van der Waals surface area (Å²) in [5.41, 5.74) is 1.36. The second-order valence-electron chi connectivity index (χ2n) is 21.9. The predicted molar refractivity (Wildman–Crippen MR) is 332 cm³/mol. The van der Waals surface area contributed by atoms with Gasteiger partial charge in [0.15, 0.2) is 41.8 Å². The lowest BCUT2D eigenvalue weighted by Crippen LogP contribution is -2.65. The van der Waals surface area contributed by atoms with Crippen molar-refractivity contribution in [3.8, 4) is 40.9 Å². The van der Waals surface area contributed by atoms with Crippen LogP contribution in [0.1, 0.15) is 75.7 Å². The van der Waals surface area contributed by atoms with Gasteiger partial charge in [-0.25, -0.2) is 4.79 Å². The first kappa shape index (κ1) is 70.5. The zero-order valence-corrected chi connectivity index (χ0v) is 55.3. The molecular formula is C59H81IN4O21S3. The Morgan fingerprint density at radius 1 is 0.875 bits per heavy atom. The van der Waals surface area contributed by atoms with Crippen LogP contribution >= 0.6 is 55.9 Å². The molecule has 2 aliphatic carbocycles. The summed E-state index contributed by atoms with van der Waals surface area (Å²) in [5.74, 6) is 11.5. The van der Waals surface area contributed by atoms with E-state index in [1.165, 1.54) is 33.5 Å². The number of halogens is 1. The highest BCUT2D eigenvalue weighted by Gasteiger charge is 2.52. The van der Waals surface area contributed by atoms with Crippen molar-refractivity contribution in [3.63, 3.8) is 0 Å². The molecule has 0 unspecified atom stereocenters. The summed E-state index contributed by atoms with van der Waals surface area (Å²) in [5, 5.41) is 66.8. The van der Waals surface area contributed by atoms with E-state index in [0.717, 1.165) is 44.8 Å². The Bertz CT molecular complexity index is 2830. The number of nitrogens with one attached hydrogen (secondary N) is 4. The number of benzene rings is 1. The number of hydroxylamine groups is 1. The average Bonchev–Trinajstić information content (AvgIpc) is 2.97. The number of ketones is 1. The molecule has 8 rings (SSSR count). The van der Waals surface area contributed by atoms with E-state index in [1.54, 1.807) is 62.5 Å². The third kappa shape index (κ3) is 16.3. The van der Waals surface area contributed by atoms with Crippen molar-refractivity contribution >= 4 is 72.9 Å². The third-order valence-corrected chi connectivity index (χ3v) is 21.6. The van der Waals surface area contributed by atoms with E-state index in [2.05, 4.69) is 45.1 Å². The molecule has 0 radical (unpaired) electrons. The number of amides is 1. The minimum Gasteiger partial charge on any atom is -0.492 e. The number of likely N-dealkylation sites (N-methyl/N-ethyl adjacent to an activating group) is 1. The standard InChI is InChI=1S/C59H81IN4O21S3/c1-11-62-34-27-78-39(25-38(34)73-6)83-52-47(68)44(29(3)80-57(52)82-37-16-14-12-13-15-20-59(72)26-36(66)45(63-58(71)77-10)42(37)33(59)19-23-86-88-32-17-21-61-22-18-32)64-85-40-24-35(65)54(31(5)79-40)87-55(70)41-28(2)43(60)50(53(76-9)49(41)74-7)84-56-48(69)51(75-8)46(67)30(4)81-56/h12-13,19,29-32,34-35,37-40,44,46-48,51-52,54,56-57,61-62,64-65,67-69,72H,11,17-18,21-27H2,1-10H3,(H,63,71)/b13-12-,33-19+/t29-,30+,31-,34+,35+,37+,38+,39+,40+,44-,46+,47+,48-,51-,52-,54-,56+,57+,59+/m1/s1. The summed E-state index contributed by atoms with van der Waals surface area (Å²) in [7, 11) is 10.1. The maximum Gasteiger partial charge on any atom is 0.411 e. The fraction of sp³-hybridized carbons (Fsp3) is 0.678. The largest absolute Gasteiger partial charge is 0.492 e. The Labute approximate surface area is 538 Å². The summed E-state index contributed by atoms with van der Waals surface area (Å²) in [6.45, 7) is 11.2. The molecule has 5 aliphatic heterocycles. The van der Waals surface area contributed by atoms with Gasteiger partial charge in [0.25, 0.3) is 0 Å². The van der Waals surface area contributed by atoms with Crippen molar-refractivity contribution in [2.45, 2.75) is 187 Å². The van der Waals surface area contributed by atoms with Gasteiger partial charge in [0, 0.05) is 49.2 Å². The molecule has 1 amide bonds. The number of ether oxygens (including phenoxy) is 12. The molecule has 29 heteroatoms. The van der Waals surface area contributed by atoms with Crippen molar-refractivity contribution in [1.29, 1.82) is 0 Å². The van der Waals surface area contributed by atoms with Gasteiger partial charge in [0.1, 0.15) is 36.6 Å². The molecule has 0 saturated carbocycles. The SMILES string of the molecule is CCN[C@H]1CO[C@@H](O[C@H]2[C@H](O[C@H]3C#C/C=C\C#C[C@]4(O)CC(=O)C(NC(=O)OC)=C3/C4=C\CSSC3CCNCC3)O[C@H](C)[C@@H](NO[C@H]3C[C@H](O)[C@H](SC(=O)c4c(C)c(I)c(O[C@@H]5O[C@@H](C)[C@H](O)[C@@H](OC)[C@H]5O)c(OC)c4OC)[C@@H](C)O3)[C@@H]2O)C[C@@H]1OC. The van der Waals surface area contributed by atoms with Crippen LogP contribution in [0.2, 0.25) is 0 Å². The number of hydrogen-bond acceptors (Lipinski definition) is 27. The average molecular weight is 1410 g/mol. The van der Waals surface area contributed by atoms with Crippen LogP contribution in [0.5, 0.6) is 17.2 Å². The van der Waals surface area contributed by atoms with Gasteiger partial charge < -0.3 is 93.0 Å². The Hall–Kier alpha value is -3.33. The number of allylic oxidation sites excluding steroid dienone is 3. The number of piperidine rings is 1. The molecule has 2 bridgehead atoms. The fourth-order valence-electron chi connectivity index (χ4n) is 11.4. The first-order chi connectivity index (χ1) is 42.2. The van der Waals surface area contributed by atoms with Crippen molar-refractivity contribution in [2.24, 2.45) is 0 Å². The molecule has 0 aromatic heterocycles. The van der Waals surface area contributed by atoms with Gasteiger partial charge in [-0.2, -0.15) is 5.48 Å². The highest BCUT2D eigenvalue weighted by Crippen LogP contribution is 2.49. The smallest absolute Gasteiger partial charge is 0.411 e. The van der Waals surface area contributed by atoms with Gasteiger partial charge in [0.2, 0.25) is 17.2 Å². The van der Waals surface area contributed by atoms with Gasteiger partial charge in [-0.05, 0) is 100 Å². The van der Waals surface area contributed by atoms with Gasteiger partial charge in [0.05, 0.1) is 97.0 Å². The maximum atomic E-state index is 14.5. The van der Waals surface area contributed by atoms with Crippen LogP contribution in [-0.2, 0) is 52.3 Å². The topological polar surface area (TPSA) is 320 Å². The molecule has 9 N–H and O–H groups in total. The number of aliphatic hydroxyl groups is 5. The number of aliphatic hydroxyl groups excluding tert-OH is 4. The predicted octanol–water partition coefficient (Wildman–Crippen LogP) is 2.67. The number of alkyl carbamates (subject to hydrolysis) is 1. The highest BCUT2D eigenvalue weighted by molar-refractivity contribution is 14.1.